The summed E-state index contributed by atoms with van der Waals surface area (Å²) in [5.41, 5.74) is 2.36. The zero-order valence-corrected chi connectivity index (χ0v) is 18.2. The van der Waals surface area contributed by atoms with E-state index in [-0.39, 0.29) is 18.4 Å². The molecule has 1 heterocycles. The Morgan fingerprint density at radius 1 is 0.806 bits per heavy atom. The molecule has 7 heteroatoms. The number of ether oxygens (including phenoxy) is 3. The number of benzene rings is 2. The van der Waals surface area contributed by atoms with Gasteiger partial charge in [0.1, 0.15) is 11.4 Å². The first-order valence-electron chi connectivity index (χ1n) is 10.1. The third-order valence-electron chi connectivity index (χ3n) is 5.15. The monoisotopic (exact) mass is 424 g/mol. The van der Waals surface area contributed by atoms with Crippen LogP contribution in [0.15, 0.2) is 60.3 Å². The molecule has 31 heavy (non-hydrogen) atoms. The van der Waals surface area contributed by atoms with Crippen LogP contribution in [0.1, 0.15) is 11.1 Å². The molecule has 1 aliphatic heterocycles. The van der Waals surface area contributed by atoms with Gasteiger partial charge in [0, 0.05) is 27.3 Å². The second kappa shape index (κ2) is 10.7. The summed E-state index contributed by atoms with van der Waals surface area (Å²) >= 11 is 0. The van der Waals surface area contributed by atoms with Gasteiger partial charge in [0.25, 0.3) is 11.8 Å². The van der Waals surface area contributed by atoms with Gasteiger partial charge in [0.05, 0.1) is 32.4 Å². The highest BCUT2D eigenvalue weighted by atomic mass is 16.5. The first-order chi connectivity index (χ1) is 15.1. The normalized spacial score (nSPS) is 13.8. The summed E-state index contributed by atoms with van der Waals surface area (Å²) in [6.07, 6.45) is 0. The molecule has 164 valence electrons. The van der Waals surface area contributed by atoms with E-state index in [1.165, 1.54) is 4.90 Å². The van der Waals surface area contributed by atoms with Crippen LogP contribution in [0.4, 0.5) is 0 Å². The van der Waals surface area contributed by atoms with Crippen molar-refractivity contribution in [2.45, 2.75) is 6.54 Å². The Hall–Kier alpha value is -3.16. The summed E-state index contributed by atoms with van der Waals surface area (Å²) in [5, 5.41) is 0. The van der Waals surface area contributed by atoms with E-state index < -0.39 is 0 Å². The number of nitrogens with zero attached hydrogens (tertiary/aromatic N) is 2. The fourth-order valence-corrected chi connectivity index (χ4v) is 3.52. The molecule has 0 saturated heterocycles. The van der Waals surface area contributed by atoms with E-state index in [1.807, 2.05) is 59.5 Å². The summed E-state index contributed by atoms with van der Waals surface area (Å²) in [6.45, 7) is 1.98. The number of rotatable bonds is 11. The summed E-state index contributed by atoms with van der Waals surface area (Å²) in [4.78, 5) is 30.1. The van der Waals surface area contributed by atoms with Crippen molar-refractivity contribution in [1.82, 2.24) is 9.80 Å². The van der Waals surface area contributed by atoms with E-state index in [1.54, 1.807) is 21.3 Å². The van der Waals surface area contributed by atoms with Crippen LogP contribution < -0.4 is 4.74 Å². The number of amides is 2. The Balaban J connectivity index is 1.98. The van der Waals surface area contributed by atoms with E-state index in [0.717, 1.165) is 11.3 Å². The number of imide groups is 1. The van der Waals surface area contributed by atoms with Crippen molar-refractivity contribution in [1.29, 1.82) is 0 Å². The maximum Gasteiger partial charge on any atom is 0.278 e. The van der Waals surface area contributed by atoms with Gasteiger partial charge in [0.2, 0.25) is 0 Å². The maximum absolute atomic E-state index is 13.5. The molecule has 0 radical (unpaired) electrons. The Morgan fingerprint density at radius 3 is 1.97 bits per heavy atom. The van der Waals surface area contributed by atoms with Gasteiger partial charge in [-0.15, -0.1) is 0 Å². The van der Waals surface area contributed by atoms with E-state index in [4.69, 9.17) is 14.2 Å². The van der Waals surface area contributed by atoms with Gasteiger partial charge < -0.3 is 19.1 Å². The second-order valence-corrected chi connectivity index (χ2v) is 7.11. The van der Waals surface area contributed by atoms with Crippen molar-refractivity contribution in [2.75, 3.05) is 47.6 Å². The van der Waals surface area contributed by atoms with Crippen LogP contribution in [0.2, 0.25) is 0 Å². The maximum atomic E-state index is 13.5. The molecule has 2 aromatic carbocycles. The predicted molar refractivity (Wildman–Crippen MR) is 117 cm³/mol. The Kier molecular flexibility index (Phi) is 7.81. The Morgan fingerprint density at radius 2 is 1.42 bits per heavy atom. The van der Waals surface area contributed by atoms with Gasteiger partial charge in [-0.3, -0.25) is 14.5 Å². The van der Waals surface area contributed by atoms with Crippen molar-refractivity contribution in [2.24, 2.45) is 0 Å². The highest BCUT2D eigenvalue weighted by Gasteiger charge is 2.41. The zero-order valence-electron chi connectivity index (χ0n) is 18.2. The van der Waals surface area contributed by atoms with Crippen molar-refractivity contribution in [3.8, 4) is 5.75 Å². The van der Waals surface area contributed by atoms with Crippen LogP contribution in [-0.2, 0) is 25.6 Å². The lowest BCUT2D eigenvalue weighted by Gasteiger charge is -2.25. The van der Waals surface area contributed by atoms with Gasteiger partial charge in [-0.1, -0.05) is 42.5 Å². The minimum absolute atomic E-state index is 0.184. The second-order valence-electron chi connectivity index (χ2n) is 7.11. The highest BCUT2D eigenvalue weighted by Crippen LogP contribution is 2.32. The van der Waals surface area contributed by atoms with E-state index in [0.29, 0.717) is 43.1 Å². The lowest BCUT2D eigenvalue weighted by Crippen LogP contribution is -2.37. The number of hydrogen-bond acceptors (Lipinski definition) is 6. The average molecular weight is 424 g/mol. The lowest BCUT2D eigenvalue weighted by atomic mass is 10.0. The first-order valence-corrected chi connectivity index (χ1v) is 10.1. The van der Waals surface area contributed by atoms with Crippen LogP contribution in [-0.4, -0.2) is 69.2 Å². The Labute approximate surface area is 182 Å². The van der Waals surface area contributed by atoms with Gasteiger partial charge in [-0.2, -0.15) is 0 Å². The molecule has 0 N–H and O–H groups in total. The predicted octanol–water partition coefficient (Wildman–Crippen LogP) is 2.57. The van der Waals surface area contributed by atoms with Crippen molar-refractivity contribution < 1.29 is 23.8 Å². The minimum atomic E-state index is -0.313. The number of methoxy groups -OCH3 is 3. The molecule has 0 spiro atoms. The van der Waals surface area contributed by atoms with Gasteiger partial charge in [-0.05, 0) is 23.3 Å². The molecule has 0 bridgehead atoms. The molecular weight excluding hydrogens is 396 g/mol. The first kappa shape index (κ1) is 22.5. The fraction of sp³-hybridized carbons (Fsp3) is 0.333. The average Bonchev–Trinajstić information content (AvgIpc) is 3.05. The van der Waals surface area contributed by atoms with Crippen molar-refractivity contribution >= 4 is 17.4 Å². The number of hydrogen-bond donors (Lipinski definition) is 0. The molecule has 7 nitrogen and oxygen atoms in total. The molecule has 1 aliphatic rings. The van der Waals surface area contributed by atoms with Crippen molar-refractivity contribution in [3.63, 3.8) is 0 Å². The molecule has 0 atom stereocenters. The van der Waals surface area contributed by atoms with Crippen LogP contribution >= 0.6 is 0 Å². The smallest absolute Gasteiger partial charge is 0.278 e. The van der Waals surface area contributed by atoms with Gasteiger partial charge >= 0.3 is 0 Å². The topological polar surface area (TPSA) is 68.3 Å². The number of carbonyl (C=O) groups is 2. The summed E-state index contributed by atoms with van der Waals surface area (Å²) in [6, 6.07) is 16.6. The fourth-order valence-electron chi connectivity index (χ4n) is 3.52. The van der Waals surface area contributed by atoms with E-state index in [2.05, 4.69) is 0 Å². The summed E-state index contributed by atoms with van der Waals surface area (Å²) in [5.74, 6) is 0.102. The van der Waals surface area contributed by atoms with Crippen LogP contribution in [0.25, 0.3) is 5.57 Å². The van der Waals surface area contributed by atoms with Crippen LogP contribution in [0, 0.1) is 0 Å². The standard InChI is InChI=1S/C24H28N2O5/c1-29-15-13-25(14-16-30-2)22-21(19-7-5-4-6-8-19)23(27)26(24(22)28)17-18-9-11-20(31-3)12-10-18/h4-12H,13-17H2,1-3H3. The van der Waals surface area contributed by atoms with Crippen LogP contribution in [0.3, 0.4) is 0 Å². The third-order valence-corrected chi connectivity index (χ3v) is 5.15. The molecular formula is C24H28N2O5. The molecule has 0 unspecified atom stereocenters. The largest absolute Gasteiger partial charge is 0.497 e. The summed E-state index contributed by atoms with van der Waals surface area (Å²) < 4.78 is 15.7. The minimum Gasteiger partial charge on any atom is -0.497 e. The quantitative estimate of drug-likeness (QED) is 0.517. The third kappa shape index (κ3) is 5.13. The zero-order chi connectivity index (χ0) is 22.2. The van der Waals surface area contributed by atoms with Gasteiger partial charge in [-0.25, -0.2) is 0 Å². The molecule has 3 rings (SSSR count). The molecule has 2 amide bonds. The molecule has 0 aliphatic carbocycles. The molecule has 2 aromatic rings. The van der Waals surface area contributed by atoms with E-state index >= 15 is 0 Å². The lowest BCUT2D eigenvalue weighted by molar-refractivity contribution is -0.138. The molecule has 0 saturated carbocycles. The highest BCUT2D eigenvalue weighted by molar-refractivity contribution is 6.35. The van der Waals surface area contributed by atoms with Crippen molar-refractivity contribution in [3.05, 3.63) is 71.4 Å². The van der Waals surface area contributed by atoms with Gasteiger partial charge in [0.15, 0.2) is 0 Å². The SMILES string of the molecule is COCCN(CCOC)C1=C(c2ccccc2)C(=O)N(Cc2ccc(OC)cc2)C1=O. The van der Waals surface area contributed by atoms with E-state index in [9.17, 15) is 9.59 Å². The molecule has 0 fully saturated rings. The van der Waals surface area contributed by atoms with Crippen LogP contribution in [0.5, 0.6) is 5.75 Å². The Bertz CT molecular complexity index is 917. The number of carbonyl (C=O) groups excluding carboxylic acids is 2. The molecule has 0 aromatic heterocycles. The summed E-state index contributed by atoms with van der Waals surface area (Å²) in [7, 11) is 4.82.